The summed E-state index contributed by atoms with van der Waals surface area (Å²) in [5, 5.41) is 4.71. The molecule has 2 heterocycles. The Bertz CT molecular complexity index is 568. The Morgan fingerprint density at radius 1 is 1.53 bits per heavy atom. The number of fused-ring (bicyclic) bond motifs is 1. The van der Waals surface area contributed by atoms with E-state index in [4.69, 9.17) is 11.6 Å². The van der Waals surface area contributed by atoms with Crippen LogP contribution in [0.15, 0.2) is 18.7 Å². The molecule has 19 heavy (non-hydrogen) atoms. The molecule has 2 aromatic heterocycles. The number of nitrogens with one attached hydrogen (secondary N) is 1. The first-order chi connectivity index (χ1) is 9.24. The molecule has 0 radical (unpaired) electrons. The van der Waals surface area contributed by atoms with E-state index in [1.807, 2.05) is 17.8 Å². The summed E-state index contributed by atoms with van der Waals surface area (Å²) in [5.41, 5.74) is 0. The van der Waals surface area contributed by atoms with Crippen LogP contribution in [0.1, 0.15) is 11.8 Å². The molecule has 1 N–H and O–H groups in total. The van der Waals surface area contributed by atoms with E-state index in [2.05, 4.69) is 34.9 Å². The van der Waals surface area contributed by atoms with E-state index in [9.17, 15) is 0 Å². The Morgan fingerprint density at radius 2 is 2.37 bits per heavy atom. The zero-order valence-electron chi connectivity index (χ0n) is 10.8. The molecule has 2 aromatic rings. The lowest BCUT2D eigenvalue weighted by molar-refractivity contribution is 1.15. The number of halogens is 1. The maximum atomic E-state index is 5.96. The van der Waals surface area contributed by atoms with Crippen molar-refractivity contribution < 1.29 is 0 Å². The third-order valence-corrected chi connectivity index (χ3v) is 4.85. The number of anilines is 1. The van der Waals surface area contributed by atoms with Crippen molar-refractivity contribution in [1.29, 1.82) is 0 Å². The van der Waals surface area contributed by atoms with Crippen molar-refractivity contribution in [3.8, 4) is 0 Å². The van der Waals surface area contributed by atoms with E-state index in [1.54, 1.807) is 11.3 Å². The summed E-state index contributed by atoms with van der Waals surface area (Å²) >= 11 is 9.48. The molecule has 0 aliphatic carbocycles. The highest BCUT2D eigenvalue weighted by molar-refractivity contribution is 7.99. The van der Waals surface area contributed by atoms with Crippen LogP contribution in [0.2, 0.25) is 5.28 Å². The first-order valence-electron chi connectivity index (χ1n) is 6.13. The average molecular weight is 314 g/mol. The van der Waals surface area contributed by atoms with Crippen LogP contribution in [0.3, 0.4) is 0 Å². The molecule has 0 unspecified atom stereocenters. The Kier molecular flexibility index (Phi) is 5.48. The van der Waals surface area contributed by atoms with Crippen molar-refractivity contribution in [1.82, 2.24) is 9.97 Å². The zero-order valence-corrected chi connectivity index (χ0v) is 13.2. The van der Waals surface area contributed by atoms with Gasteiger partial charge >= 0.3 is 0 Å². The molecular weight excluding hydrogens is 298 g/mol. The van der Waals surface area contributed by atoms with E-state index < -0.39 is 0 Å². The fourth-order valence-electron chi connectivity index (χ4n) is 1.66. The minimum Gasteiger partial charge on any atom is -0.369 e. The van der Waals surface area contributed by atoms with Gasteiger partial charge in [-0.2, -0.15) is 11.8 Å². The van der Waals surface area contributed by atoms with E-state index >= 15 is 0 Å². The van der Waals surface area contributed by atoms with Gasteiger partial charge in [-0.05, 0) is 24.1 Å². The first kappa shape index (κ1) is 14.6. The van der Waals surface area contributed by atoms with E-state index in [0.29, 0.717) is 5.28 Å². The highest BCUT2D eigenvalue weighted by Gasteiger charge is 2.10. The second-order valence-corrected chi connectivity index (χ2v) is 6.52. The van der Waals surface area contributed by atoms with Crippen LogP contribution in [0, 0.1) is 0 Å². The topological polar surface area (TPSA) is 37.8 Å². The first-order valence-corrected chi connectivity index (χ1v) is 8.48. The SMILES string of the molecule is C=CCSCCNc1nc(Cl)nc2sc(CC)cc12. The van der Waals surface area contributed by atoms with Crippen LogP contribution in [0.4, 0.5) is 5.82 Å². The standard InChI is InChI=1S/C13H16ClN3S2/c1-3-6-18-7-5-15-11-10-8-9(4-2)19-12(10)17-13(14)16-11/h3,8H,1,4-7H2,2H3,(H,15,16,17). The molecule has 0 spiro atoms. The quantitative estimate of drug-likeness (QED) is 0.471. The average Bonchev–Trinajstić information content (AvgIpc) is 2.81. The molecule has 102 valence electrons. The normalized spacial score (nSPS) is 10.8. The zero-order chi connectivity index (χ0) is 13.7. The van der Waals surface area contributed by atoms with Gasteiger partial charge < -0.3 is 5.32 Å². The fraction of sp³-hybridized carbons (Fsp3) is 0.385. The predicted molar refractivity (Wildman–Crippen MR) is 87.8 cm³/mol. The molecule has 0 aromatic carbocycles. The van der Waals surface area contributed by atoms with Gasteiger partial charge in [-0.1, -0.05) is 13.0 Å². The van der Waals surface area contributed by atoms with Gasteiger partial charge in [0.2, 0.25) is 5.28 Å². The Hall–Kier alpha value is -0.780. The Morgan fingerprint density at radius 3 is 3.11 bits per heavy atom. The molecule has 0 bridgehead atoms. The Balaban J connectivity index is 2.12. The third-order valence-electron chi connectivity index (χ3n) is 2.54. The van der Waals surface area contributed by atoms with Crippen molar-refractivity contribution >= 4 is 50.7 Å². The lowest BCUT2D eigenvalue weighted by Gasteiger charge is -2.06. The van der Waals surface area contributed by atoms with Crippen molar-refractivity contribution in [2.45, 2.75) is 13.3 Å². The van der Waals surface area contributed by atoms with Gasteiger partial charge in [0.05, 0.1) is 5.39 Å². The maximum absolute atomic E-state index is 5.96. The van der Waals surface area contributed by atoms with Crippen molar-refractivity contribution in [2.75, 3.05) is 23.4 Å². The molecule has 0 fully saturated rings. The smallest absolute Gasteiger partial charge is 0.225 e. The predicted octanol–water partition coefficient (Wildman–Crippen LogP) is 4.24. The van der Waals surface area contributed by atoms with Gasteiger partial charge in [-0.25, -0.2) is 9.97 Å². The monoisotopic (exact) mass is 313 g/mol. The maximum Gasteiger partial charge on any atom is 0.225 e. The number of hydrogen-bond donors (Lipinski definition) is 1. The molecule has 2 rings (SSSR count). The Labute approximate surface area is 126 Å². The second kappa shape index (κ2) is 7.12. The number of hydrogen-bond acceptors (Lipinski definition) is 5. The van der Waals surface area contributed by atoms with Crippen molar-refractivity contribution in [3.05, 3.63) is 28.9 Å². The summed E-state index contributed by atoms with van der Waals surface area (Å²) in [6.07, 6.45) is 2.92. The highest BCUT2D eigenvalue weighted by Crippen LogP contribution is 2.30. The van der Waals surface area contributed by atoms with Gasteiger partial charge in [-0.3, -0.25) is 0 Å². The molecule has 0 amide bonds. The number of rotatable bonds is 7. The largest absolute Gasteiger partial charge is 0.369 e. The van der Waals surface area contributed by atoms with E-state index in [1.165, 1.54) is 4.88 Å². The van der Waals surface area contributed by atoms with Crippen LogP contribution < -0.4 is 5.32 Å². The number of aryl methyl sites for hydroxylation is 1. The molecule has 0 saturated heterocycles. The number of thioether (sulfide) groups is 1. The van der Waals surface area contributed by atoms with Gasteiger partial charge in [0.1, 0.15) is 10.6 Å². The molecule has 0 atom stereocenters. The van der Waals surface area contributed by atoms with Crippen molar-refractivity contribution in [2.24, 2.45) is 0 Å². The number of thiophene rings is 1. The van der Waals surface area contributed by atoms with Gasteiger partial charge in [0.25, 0.3) is 0 Å². The van der Waals surface area contributed by atoms with E-state index in [0.717, 1.165) is 40.5 Å². The van der Waals surface area contributed by atoms with E-state index in [-0.39, 0.29) is 0 Å². The van der Waals surface area contributed by atoms with Gasteiger partial charge in [0.15, 0.2) is 0 Å². The van der Waals surface area contributed by atoms with Crippen LogP contribution in [-0.2, 0) is 6.42 Å². The molecule has 0 aliphatic heterocycles. The minimum atomic E-state index is 0.304. The lowest BCUT2D eigenvalue weighted by Crippen LogP contribution is -2.06. The third kappa shape index (κ3) is 3.84. The summed E-state index contributed by atoms with van der Waals surface area (Å²) in [4.78, 5) is 10.8. The summed E-state index contributed by atoms with van der Waals surface area (Å²) in [5.74, 6) is 2.82. The lowest BCUT2D eigenvalue weighted by atomic mass is 10.3. The van der Waals surface area contributed by atoms with Crippen LogP contribution >= 0.6 is 34.7 Å². The summed E-state index contributed by atoms with van der Waals surface area (Å²) < 4.78 is 0. The van der Waals surface area contributed by atoms with Crippen molar-refractivity contribution in [3.63, 3.8) is 0 Å². The molecule has 6 heteroatoms. The second-order valence-electron chi connectivity index (χ2n) is 3.92. The van der Waals surface area contributed by atoms with Gasteiger partial charge in [-0.15, -0.1) is 17.9 Å². The van der Waals surface area contributed by atoms with Gasteiger partial charge in [0, 0.05) is 22.9 Å². The van der Waals surface area contributed by atoms with Crippen LogP contribution in [0.25, 0.3) is 10.2 Å². The highest BCUT2D eigenvalue weighted by atomic mass is 35.5. The summed E-state index contributed by atoms with van der Waals surface area (Å²) in [6, 6.07) is 2.15. The molecule has 0 saturated carbocycles. The summed E-state index contributed by atoms with van der Waals surface area (Å²) in [7, 11) is 0. The molecule has 0 aliphatic rings. The number of aromatic nitrogens is 2. The van der Waals surface area contributed by atoms with Crippen LogP contribution in [-0.4, -0.2) is 28.0 Å². The van der Waals surface area contributed by atoms with Crippen LogP contribution in [0.5, 0.6) is 0 Å². The summed E-state index contributed by atoms with van der Waals surface area (Å²) in [6.45, 7) is 6.70. The number of nitrogens with zero attached hydrogens (tertiary/aromatic N) is 2. The molecular formula is C13H16ClN3S2. The fourth-order valence-corrected chi connectivity index (χ4v) is 3.43. The molecule has 3 nitrogen and oxygen atoms in total. The minimum absolute atomic E-state index is 0.304.